The van der Waals surface area contributed by atoms with Crippen molar-refractivity contribution in [2.75, 3.05) is 9.80 Å². The molecule has 0 radical (unpaired) electrons. The maximum atomic E-state index is 7.39. The van der Waals surface area contributed by atoms with Crippen LogP contribution in [0.3, 0.4) is 0 Å². The predicted molar refractivity (Wildman–Crippen MR) is 282 cm³/mol. The van der Waals surface area contributed by atoms with Gasteiger partial charge in [-0.1, -0.05) is 200 Å². The monoisotopic (exact) mass is 868 g/mol. The molecule has 2 aliphatic rings. The molecule has 0 spiro atoms. The molecule has 0 saturated heterocycles. The van der Waals surface area contributed by atoms with Gasteiger partial charge in [-0.15, -0.1) is 0 Å². The van der Waals surface area contributed by atoms with Crippen molar-refractivity contribution < 1.29 is 4.74 Å². The van der Waals surface area contributed by atoms with Crippen molar-refractivity contribution in [1.29, 1.82) is 0 Å². The lowest BCUT2D eigenvalue weighted by atomic mass is 9.68. The van der Waals surface area contributed by atoms with Crippen molar-refractivity contribution in [3.8, 4) is 44.9 Å². The van der Waals surface area contributed by atoms with Crippen molar-refractivity contribution in [2.45, 2.75) is 5.41 Å². The molecule has 0 aromatic heterocycles. The van der Waals surface area contributed by atoms with Crippen LogP contribution in [0.4, 0.5) is 34.1 Å². The van der Waals surface area contributed by atoms with Crippen molar-refractivity contribution in [3.05, 3.63) is 289 Å². The minimum Gasteiger partial charge on any atom is -0.454 e. The first kappa shape index (κ1) is 39.4. The van der Waals surface area contributed by atoms with Crippen LogP contribution in [-0.4, -0.2) is 0 Å². The Morgan fingerprint density at radius 3 is 1.51 bits per heavy atom. The van der Waals surface area contributed by atoms with Gasteiger partial charge in [-0.3, -0.25) is 0 Å². The fraction of sp³-hybridized carbons (Fsp3) is 0.0154. The van der Waals surface area contributed by atoms with Gasteiger partial charge in [0.2, 0.25) is 0 Å². The van der Waals surface area contributed by atoms with E-state index in [1.807, 2.05) is 0 Å². The van der Waals surface area contributed by atoms with Crippen molar-refractivity contribution in [3.63, 3.8) is 0 Å². The summed E-state index contributed by atoms with van der Waals surface area (Å²) in [6, 6.07) is 96.4. The minimum atomic E-state index is -0.503. The van der Waals surface area contributed by atoms with E-state index in [-0.39, 0.29) is 0 Å². The maximum Gasteiger partial charge on any atom is 0.159 e. The second-order valence-corrected chi connectivity index (χ2v) is 17.6. The van der Waals surface area contributed by atoms with E-state index in [0.717, 1.165) is 73.1 Å². The van der Waals surface area contributed by atoms with Gasteiger partial charge >= 0.3 is 0 Å². The van der Waals surface area contributed by atoms with Gasteiger partial charge in [0, 0.05) is 33.7 Å². The first-order valence-corrected chi connectivity index (χ1v) is 23.3. The third-order valence-corrected chi connectivity index (χ3v) is 13.9. The zero-order chi connectivity index (χ0) is 45.0. The summed E-state index contributed by atoms with van der Waals surface area (Å²) < 4.78 is 7.39. The number of hydrogen-bond donors (Lipinski definition) is 0. The van der Waals surface area contributed by atoms with Crippen LogP contribution in [0.5, 0.6) is 11.5 Å². The first-order valence-electron chi connectivity index (χ1n) is 23.3. The van der Waals surface area contributed by atoms with E-state index in [0.29, 0.717) is 0 Å². The average molecular weight is 869 g/mol. The Hall–Kier alpha value is -8.92. The Balaban J connectivity index is 1.04. The summed E-state index contributed by atoms with van der Waals surface area (Å²) in [6.45, 7) is 0. The molecule has 0 bridgehead atoms. The highest BCUT2D eigenvalue weighted by Gasteiger charge is 2.46. The minimum absolute atomic E-state index is 0.503. The molecule has 1 aliphatic carbocycles. The number of rotatable bonds is 9. The highest BCUT2D eigenvalue weighted by Crippen LogP contribution is 2.59. The lowest BCUT2D eigenvalue weighted by molar-refractivity contribution is 0.488. The first-order chi connectivity index (χ1) is 33.8. The number of nitrogens with zero attached hydrogens (tertiary/aromatic N) is 2. The second-order valence-electron chi connectivity index (χ2n) is 17.6. The number of para-hydroxylation sites is 2. The standard InChI is InChI=1S/C65H44N2O/c1-6-20-45(21-7-1)46-36-39-52(40-37-46)67(53-41-42-58-56(44-53)54-31-16-17-33-57(54)65(58,48-23-8-2-9-24-48)49-25-10-3-11-26-49)60-43-38-47-22-18-32-55-62(47)64(60)68-61-35-19-34-59(63(55)61)66(50-27-12-4-13-28-50)51-29-14-5-15-30-51/h1-44H. The second kappa shape index (κ2) is 16.2. The van der Waals surface area contributed by atoms with E-state index < -0.39 is 5.41 Å². The van der Waals surface area contributed by atoms with Gasteiger partial charge in [0.25, 0.3) is 0 Å². The van der Waals surface area contributed by atoms with Crippen LogP contribution in [0.15, 0.2) is 267 Å². The summed E-state index contributed by atoms with van der Waals surface area (Å²) in [6.07, 6.45) is 0. The molecule has 1 heterocycles. The summed E-state index contributed by atoms with van der Waals surface area (Å²) in [4.78, 5) is 4.73. The summed E-state index contributed by atoms with van der Waals surface area (Å²) >= 11 is 0. The van der Waals surface area contributed by atoms with E-state index >= 15 is 0 Å². The van der Waals surface area contributed by atoms with E-state index in [4.69, 9.17) is 4.74 Å². The molecule has 68 heavy (non-hydrogen) atoms. The topological polar surface area (TPSA) is 15.7 Å². The summed E-state index contributed by atoms with van der Waals surface area (Å²) in [7, 11) is 0. The van der Waals surface area contributed by atoms with E-state index in [1.165, 1.54) is 38.9 Å². The molecule has 0 fully saturated rings. The smallest absolute Gasteiger partial charge is 0.159 e. The summed E-state index contributed by atoms with van der Waals surface area (Å²) in [5.41, 5.74) is 17.7. The van der Waals surface area contributed by atoms with Gasteiger partial charge in [-0.2, -0.15) is 0 Å². The van der Waals surface area contributed by atoms with E-state index in [9.17, 15) is 0 Å². The highest BCUT2D eigenvalue weighted by molar-refractivity contribution is 6.11. The van der Waals surface area contributed by atoms with Gasteiger partial charge in [0.15, 0.2) is 5.75 Å². The zero-order valence-electron chi connectivity index (χ0n) is 37.2. The summed E-state index contributed by atoms with van der Waals surface area (Å²) in [5, 5.41) is 2.20. The molecule has 0 atom stereocenters. The molecule has 13 rings (SSSR count). The Bertz CT molecular complexity index is 3550. The zero-order valence-corrected chi connectivity index (χ0v) is 37.2. The third-order valence-electron chi connectivity index (χ3n) is 13.9. The van der Waals surface area contributed by atoms with Crippen LogP contribution in [0.25, 0.3) is 44.2 Å². The van der Waals surface area contributed by atoms with Crippen LogP contribution in [0, 0.1) is 0 Å². The fourth-order valence-corrected chi connectivity index (χ4v) is 11.0. The number of hydrogen-bond acceptors (Lipinski definition) is 3. The Labute approximate surface area is 397 Å². The molecule has 0 N–H and O–H groups in total. The molecule has 0 saturated carbocycles. The lowest BCUT2D eigenvalue weighted by Gasteiger charge is -2.35. The Morgan fingerprint density at radius 2 is 0.838 bits per heavy atom. The van der Waals surface area contributed by atoms with Crippen LogP contribution in [0.2, 0.25) is 0 Å². The molecule has 3 heteroatoms. The SMILES string of the molecule is c1ccc(-c2ccc(N(c3ccc4c(c3)-c3ccccc3C4(c3ccccc3)c3ccccc3)c3ccc4cccc5c4c3Oc3cccc(N(c4ccccc4)c4ccccc4)c3-5)cc2)cc1. The number of anilines is 6. The van der Waals surface area contributed by atoms with Gasteiger partial charge in [-0.25, -0.2) is 0 Å². The van der Waals surface area contributed by atoms with Crippen molar-refractivity contribution in [2.24, 2.45) is 0 Å². The molecule has 0 unspecified atom stereocenters. The van der Waals surface area contributed by atoms with Crippen molar-refractivity contribution >= 4 is 44.9 Å². The van der Waals surface area contributed by atoms with Crippen LogP contribution in [0.1, 0.15) is 22.3 Å². The quantitative estimate of drug-likeness (QED) is 0.144. The summed E-state index contributed by atoms with van der Waals surface area (Å²) in [5.74, 6) is 1.63. The van der Waals surface area contributed by atoms with Gasteiger partial charge in [0.05, 0.1) is 16.8 Å². The Kier molecular flexibility index (Phi) is 9.40. The van der Waals surface area contributed by atoms with Gasteiger partial charge < -0.3 is 14.5 Å². The van der Waals surface area contributed by atoms with Crippen molar-refractivity contribution in [1.82, 2.24) is 0 Å². The lowest BCUT2D eigenvalue weighted by Crippen LogP contribution is -2.28. The van der Waals surface area contributed by atoms with Gasteiger partial charge in [0.1, 0.15) is 5.75 Å². The highest BCUT2D eigenvalue weighted by atomic mass is 16.5. The van der Waals surface area contributed by atoms with Crippen LogP contribution in [-0.2, 0) is 5.41 Å². The molecule has 0 amide bonds. The Morgan fingerprint density at radius 1 is 0.324 bits per heavy atom. The van der Waals surface area contributed by atoms with Crippen LogP contribution < -0.4 is 14.5 Å². The number of fused-ring (bicyclic) bond motifs is 5. The molecular formula is C65H44N2O. The fourth-order valence-electron chi connectivity index (χ4n) is 11.0. The van der Waals surface area contributed by atoms with Gasteiger partial charge in [-0.05, 0) is 122 Å². The average Bonchev–Trinajstić information content (AvgIpc) is 3.71. The molecular weight excluding hydrogens is 825 g/mol. The van der Waals surface area contributed by atoms with Crippen LogP contribution >= 0.6 is 0 Å². The van der Waals surface area contributed by atoms with E-state index in [1.54, 1.807) is 0 Å². The molecule has 11 aromatic rings. The number of ether oxygens (including phenoxy) is 1. The maximum absolute atomic E-state index is 7.39. The number of benzene rings is 11. The van der Waals surface area contributed by atoms with E-state index in [2.05, 4.69) is 277 Å². The predicted octanol–water partition coefficient (Wildman–Crippen LogP) is 17.6. The molecule has 3 nitrogen and oxygen atoms in total. The normalized spacial score (nSPS) is 12.6. The third kappa shape index (κ3) is 6.21. The largest absolute Gasteiger partial charge is 0.454 e. The molecule has 1 aliphatic heterocycles. The molecule has 320 valence electrons. The molecule has 11 aromatic carbocycles.